The molecular formula is C13H20N2O6. The lowest BCUT2D eigenvalue weighted by Crippen LogP contribution is -2.55. The highest BCUT2D eigenvalue weighted by molar-refractivity contribution is 5.83. The van der Waals surface area contributed by atoms with Gasteiger partial charge in [-0.25, -0.2) is 9.59 Å². The van der Waals surface area contributed by atoms with Crippen LogP contribution in [0.1, 0.15) is 38.5 Å². The van der Waals surface area contributed by atoms with Crippen molar-refractivity contribution < 1.29 is 29.7 Å². The molecule has 4 N–H and O–H groups in total. The number of carbonyl (C=O) groups excluding carboxylic acids is 1. The highest BCUT2D eigenvalue weighted by atomic mass is 16.4. The minimum absolute atomic E-state index is 0.0623. The number of aliphatic carboxylic acids is 2. The van der Waals surface area contributed by atoms with Crippen molar-refractivity contribution in [2.24, 2.45) is 0 Å². The van der Waals surface area contributed by atoms with Gasteiger partial charge in [-0.2, -0.15) is 0 Å². The van der Waals surface area contributed by atoms with Gasteiger partial charge in [-0.1, -0.05) is 0 Å². The molecule has 2 fully saturated rings. The molecule has 0 saturated carbocycles. The number of aliphatic hydroxyl groups excluding tert-OH is 1. The topological polar surface area (TPSA) is 127 Å². The second-order valence-corrected chi connectivity index (χ2v) is 5.69. The Morgan fingerprint density at radius 3 is 2.19 bits per heavy atom. The van der Waals surface area contributed by atoms with E-state index in [0.717, 1.165) is 12.8 Å². The summed E-state index contributed by atoms with van der Waals surface area (Å²) in [7, 11) is 0. The Hall–Kier alpha value is -1.83. The van der Waals surface area contributed by atoms with Gasteiger partial charge >= 0.3 is 18.0 Å². The first-order chi connectivity index (χ1) is 9.88. The Morgan fingerprint density at radius 1 is 1.14 bits per heavy atom. The molecule has 2 aliphatic heterocycles. The Balaban J connectivity index is 1.96. The zero-order valence-corrected chi connectivity index (χ0v) is 11.6. The third kappa shape index (κ3) is 3.63. The molecule has 2 rings (SSSR count). The van der Waals surface area contributed by atoms with Gasteiger partial charge in [-0.15, -0.1) is 0 Å². The molecular weight excluding hydrogens is 280 g/mol. The standard InChI is InChI=1S/C13H20N2O6/c16-9-5-7-1-2-8(6-9)15(7)13(21)14-10(12(19)20)3-4-11(17)18/h7-10,16H,1-6H2,(H,14,21)(H,17,18)(H,19,20)/t7?,8?,9?,10-/m0/s1. The molecule has 0 aliphatic carbocycles. The fraction of sp³-hybridized carbons (Fsp3) is 0.769. The first kappa shape index (κ1) is 15.6. The second kappa shape index (κ2) is 6.30. The van der Waals surface area contributed by atoms with Crippen molar-refractivity contribution in [3.63, 3.8) is 0 Å². The average Bonchev–Trinajstić information content (AvgIpc) is 2.66. The third-order valence-electron chi connectivity index (χ3n) is 4.19. The zero-order chi connectivity index (χ0) is 15.6. The summed E-state index contributed by atoms with van der Waals surface area (Å²) in [5.41, 5.74) is 0. The molecule has 0 radical (unpaired) electrons. The number of carboxylic acids is 2. The van der Waals surface area contributed by atoms with Crippen molar-refractivity contribution >= 4 is 18.0 Å². The Labute approximate surface area is 121 Å². The maximum Gasteiger partial charge on any atom is 0.326 e. The summed E-state index contributed by atoms with van der Waals surface area (Å²) in [6.07, 6.45) is 1.76. The van der Waals surface area contributed by atoms with Crippen LogP contribution in [0, 0.1) is 0 Å². The predicted octanol–water partition coefficient (Wildman–Crippen LogP) is 0.00170. The van der Waals surface area contributed by atoms with Crippen LogP contribution in [-0.4, -0.2) is 62.4 Å². The molecule has 0 aromatic rings. The molecule has 3 atom stereocenters. The van der Waals surface area contributed by atoms with Crippen LogP contribution >= 0.6 is 0 Å². The maximum atomic E-state index is 12.2. The normalized spacial score (nSPS) is 29.0. The minimum Gasteiger partial charge on any atom is -0.481 e. The quantitative estimate of drug-likeness (QED) is 0.566. The zero-order valence-electron chi connectivity index (χ0n) is 11.6. The molecule has 8 heteroatoms. The maximum absolute atomic E-state index is 12.2. The van der Waals surface area contributed by atoms with Crippen LogP contribution in [0.2, 0.25) is 0 Å². The summed E-state index contributed by atoms with van der Waals surface area (Å²) in [6.45, 7) is 0. The number of carbonyl (C=O) groups is 3. The molecule has 0 spiro atoms. The average molecular weight is 300 g/mol. The fourth-order valence-electron chi connectivity index (χ4n) is 3.23. The van der Waals surface area contributed by atoms with Gasteiger partial charge in [0, 0.05) is 18.5 Å². The minimum atomic E-state index is -1.24. The SMILES string of the molecule is O=C(O)CC[C@H](NC(=O)N1C2CCC1CC(O)C2)C(=O)O. The molecule has 118 valence electrons. The first-order valence-electron chi connectivity index (χ1n) is 7.10. The fourth-order valence-corrected chi connectivity index (χ4v) is 3.23. The van der Waals surface area contributed by atoms with Gasteiger partial charge in [0.2, 0.25) is 0 Å². The summed E-state index contributed by atoms with van der Waals surface area (Å²) in [5.74, 6) is -2.34. The summed E-state index contributed by atoms with van der Waals surface area (Å²) < 4.78 is 0. The van der Waals surface area contributed by atoms with E-state index >= 15 is 0 Å². The lowest BCUT2D eigenvalue weighted by molar-refractivity contribution is -0.140. The number of hydrogen-bond donors (Lipinski definition) is 4. The van der Waals surface area contributed by atoms with Crippen molar-refractivity contribution in [1.29, 1.82) is 0 Å². The van der Waals surface area contributed by atoms with E-state index in [-0.39, 0.29) is 24.9 Å². The second-order valence-electron chi connectivity index (χ2n) is 5.69. The van der Waals surface area contributed by atoms with Gasteiger partial charge in [-0.05, 0) is 32.1 Å². The van der Waals surface area contributed by atoms with Gasteiger partial charge in [0.05, 0.1) is 6.10 Å². The van der Waals surface area contributed by atoms with Crippen molar-refractivity contribution in [1.82, 2.24) is 10.2 Å². The van der Waals surface area contributed by atoms with Crippen LogP contribution in [-0.2, 0) is 9.59 Å². The first-order valence-corrected chi connectivity index (χ1v) is 7.10. The molecule has 2 unspecified atom stereocenters. The van der Waals surface area contributed by atoms with Crippen LogP contribution in [0.15, 0.2) is 0 Å². The van der Waals surface area contributed by atoms with Crippen molar-refractivity contribution in [3.05, 3.63) is 0 Å². The van der Waals surface area contributed by atoms with Gasteiger partial charge in [0.15, 0.2) is 0 Å². The number of amides is 2. The summed E-state index contributed by atoms with van der Waals surface area (Å²) >= 11 is 0. The number of nitrogens with zero attached hydrogens (tertiary/aromatic N) is 1. The lowest BCUT2D eigenvalue weighted by atomic mass is 10.0. The molecule has 2 amide bonds. The van der Waals surface area contributed by atoms with Gasteiger partial charge in [0.1, 0.15) is 6.04 Å². The Kier molecular flexibility index (Phi) is 4.66. The summed E-state index contributed by atoms with van der Waals surface area (Å²) in [6, 6.07) is -1.81. The Morgan fingerprint density at radius 2 is 1.71 bits per heavy atom. The largest absolute Gasteiger partial charge is 0.481 e. The van der Waals surface area contributed by atoms with Gasteiger partial charge in [0.25, 0.3) is 0 Å². The number of piperidine rings is 1. The monoisotopic (exact) mass is 300 g/mol. The molecule has 2 saturated heterocycles. The number of nitrogens with one attached hydrogen (secondary N) is 1. The number of carboxylic acid groups (broad SMARTS) is 2. The number of urea groups is 1. The summed E-state index contributed by atoms with van der Waals surface area (Å²) in [4.78, 5) is 35.5. The van der Waals surface area contributed by atoms with Crippen molar-refractivity contribution in [2.75, 3.05) is 0 Å². The van der Waals surface area contributed by atoms with E-state index in [9.17, 15) is 19.5 Å². The van der Waals surface area contributed by atoms with Crippen LogP contribution in [0.5, 0.6) is 0 Å². The number of rotatable bonds is 5. The smallest absolute Gasteiger partial charge is 0.326 e. The number of aliphatic hydroxyl groups is 1. The van der Waals surface area contributed by atoms with Crippen LogP contribution in [0.25, 0.3) is 0 Å². The number of fused-ring (bicyclic) bond motifs is 2. The van der Waals surface area contributed by atoms with Crippen LogP contribution in [0.4, 0.5) is 4.79 Å². The molecule has 2 aliphatic rings. The van der Waals surface area contributed by atoms with E-state index in [1.54, 1.807) is 4.90 Å². The van der Waals surface area contributed by atoms with E-state index in [0.29, 0.717) is 12.8 Å². The van der Waals surface area contributed by atoms with Gasteiger partial charge < -0.3 is 25.5 Å². The third-order valence-corrected chi connectivity index (χ3v) is 4.19. The molecule has 0 aromatic heterocycles. The van der Waals surface area contributed by atoms with Crippen molar-refractivity contribution in [3.8, 4) is 0 Å². The predicted molar refractivity (Wildman–Crippen MR) is 70.7 cm³/mol. The molecule has 2 bridgehead atoms. The van der Waals surface area contributed by atoms with Crippen LogP contribution in [0.3, 0.4) is 0 Å². The van der Waals surface area contributed by atoms with E-state index in [4.69, 9.17) is 10.2 Å². The van der Waals surface area contributed by atoms with E-state index in [2.05, 4.69) is 5.32 Å². The van der Waals surface area contributed by atoms with E-state index in [1.807, 2.05) is 0 Å². The molecule has 8 nitrogen and oxygen atoms in total. The highest BCUT2D eigenvalue weighted by Gasteiger charge is 2.43. The molecule has 0 aromatic carbocycles. The van der Waals surface area contributed by atoms with Gasteiger partial charge in [-0.3, -0.25) is 4.79 Å². The highest BCUT2D eigenvalue weighted by Crippen LogP contribution is 2.35. The Bertz CT molecular complexity index is 426. The van der Waals surface area contributed by atoms with E-state index in [1.165, 1.54) is 0 Å². The molecule has 2 heterocycles. The molecule has 21 heavy (non-hydrogen) atoms. The number of hydrogen-bond acceptors (Lipinski definition) is 4. The lowest BCUT2D eigenvalue weighted by Gasteiger charge is -2.37. The van der Waals surface area contributed by atoms with Crippen molar-refractivity contribution in [2.45, 2.75) is 62.8 Å². The van der Waals surface area contributed by atoms with Crippen LogP contribution < -0.4 is 5.32 Å². The van der Waals surface area contributed by atoms with E-state index < -0.39 is 30.1 Å². The summed E-state index contributed by atoms with van der Waals surface area (Å²) in [5, 5.41) is 29.8.